The molecule has 0 aliphatic carbocycles. The first-order valence-corrected chi connectivity index (χ1v) is 7.57. The molecule has 126 valence electrons. The molecule has 8 heteroatoms. The zero-order valence-corrected chi connectivity index (χ0v) is 13.4. The van der Waals surface area contributed by atoms with E-state index < -0.39 is 12.0 Å². The van der Waals surface area contributed by atoms with E-state index in [2.05, 4.69) is 10.6 Å². The first kappa shape index (κ1) is 17.5. The van der Waals surface area contributed by atoms with E-state index in [0.29, 0.717) is 12.2 Å². The van der Waals surface area contributed by atoms with Crippen LogP contribution in [0.25, 0.3) is 0 Å². The van der Waals surface area contributed by atoms with Gasteiger partial charge in [-0.05, 0) is 32.0 Å². The minimum absolute atomic E-state index is 0. The summed E-state index contributed by atoms with van der Waals surface area (Å²) in [6, 6.07) is 3.32. The highest BCUT2D eigenvalue weighted by Gasteiger charge is 2.28. The molecule has 1 aromatic heterocycles. The number of piperidine rings is 2. The third kappa shape index (κ3) is 4.11. The number of rotatable bonds is 3. The summed E-state index contributed by atoms with van der Waals surface area (Å²) in [7, 11) is 0. The van der Waals surface area contributed by atoms with Crippen molar-refractivity contribution >= 4 is 24.2 Å². The highest BCUT2D eigenvalue weighted by atomic mass is 35.5. The molecule has 0 bridgehead atoms. The van der Waals surface area contributed by atoms with E-state index >= 15 is 0 Å². The maximum atomic E-state index is 12.2. The molecule has 3 rings (SSSR count). The van der Waals surface area contributed by atoms with Crippen LogP contribution in [0.15, 0.2) is 23.1 Å². The Morgan fingerprint density at radius 2 is 1.87 bits per heavy atom. The summed E-state index contributed by atoms with van der Waals surface area (Å²) >= 11 is 0. The average Bonchev–Trinajstić information content (AvgIpc) is 2.51. The van der Waals surface area contributed by atoms with Crippen LogP contribution in [0.1, 0.15) is 31.7 Å². The first-order chi connectivity index (χ1) is 10.6. The van der Waals surface area contributed by atoms with Gasteiger partial charge in [-0.1, -0.05) is 0 Å². The molecule has 0 radical (unpaired) electrons. The molecular formula is C15H20ClN3O4. The molecule has 2 aliphatic rings. The highest BCUT2D eigenvalue weighted by Crippen LogP contribution is 2.19. The van der Waals surface area contributed by atoms with Gasteiger partial charge in [0.25, 0.3) is 11.5 Å². The number of aromatic nitrogens is 1. The zero-order valence-electron chi connectivity index (χ0n) is 12.6. The topological polar surface area (TPSA) is 89.4 Å². The number of halogens is 1. The Balaban J connectivity index is 0.00000192. The van der Waals surface area contributed by atoms with Gasteiger partial charge in [0.2, 0.25) is 5.91 Å². The van der Waals surface area contributed by atoms with Crippen LogP contribution >= 0.6 is 12.4 Å². The normalized spacial score (nSPS) is 22.2. The second-order valence-corrected chi connectivity index (χ2v) is 5.65. The van der Waals surface area contributed by atoms with E-state index in [1.54, 1.807) is 16.8 Å². The van der Waals surface area contributed by atoms with Gasteiger partial charge in [0, 0.05) is 31.1 Å². The molecule has 0 spiro atoms. The molecule has 3 heterocycles. The third-order valence-electron chi connectivity index (χ3n) is 4.09. The standard InChI is InChI=1S/C15H19N3O4.ClH/c19-13-2-1-12(15(21)17-13)22-11-5-8-18(14(20)9-11)10-3-6-16-7-4-10;/h5,8-10,12,16H,1-4,6-7H2,(H,17,19,21);1H/t12-;/m0./s1. The number of imide groups is 1. The highest BCUT2D eigenvalue weighted by molar-refractivity contribution is 5.99. The molecule has 1 atom stereocenters. The Morgan fingerprint density at radius 3 is 2.52 bits per heavy atom. The van der Waals surface area contributed by atoms with Crippen molar-refractivity contribution in [2.75, 3.05) is 13.1 Å². The summed E-state index contributed by atoms with van der Waals surface area (Å²) in [6.45, 7) is 1.82. The van der Waals surface area contributed by atoms with Crippen molar-refractivity contribution in [3.05, 3.63) is 28.7 Å². The fourth-order valence-corrected chi connectivity index (χ4v) is 2.88. The zero-order chi connectivity index (χ0) is 15.5. The molecule has 2 fully saturated rings. The van der Waals surface area contributed by atoms with Crippen molar-refractivity contribution < 1.29 is 14.3 Å². The van der Waals surface area contributed by atoms with Gasteiger partial charge in [0.15, 0.2) is 6.10 Å². The number of carbonyl (C=O) groups excluding carboxylic acids is 2. The van der Waals surface area contributed by atoms with Gasteiger partial charge in [-0.3, -0.25) is 19.7 Å². The summed E-state index contributed by atoms with van der Waals surface area (Å²) in [6.07, 6.45) is 3.44. The predicted octanol–water partition coefficient (Wildman–Crippen LogP) is 0.379. The lowest BCUT2D eigenvalue weighted by atomic mass is 10.1. The summed E-state index contributed by atoms with van der Waals surface area (Å²) in [5.41, 5.74) is -0.128. The Bertz CT molecular complexity index is 640. The fraction of sp³-hybridized carbons (Fsp3) is 0.533. The summed E-state index contributed by atoms with van der Waals surface area (Å²) in [4.78, 5) is 35.0. The number of hydrogen-bond acceptors (Lipinski definition) is 5. The molecular weight excluding hydrogens is 322 g/mol. The molecule has 7 nitrogen and oxygen atoms in total. The Kier molecular flexibility index (Phi) is 5.79. The number of carbonyl (C=O) groups is 2. The van der Waals surface area contributed by atoms with Gasteiger partial charge in [0.05, 0.1) is 0 Å². The number of hydrogen-bond donors (Lipinski definition) is 2. The lowest BCUT2D eigenvalue weighted by Gasteiger charge is -2.25. The molecule has 0 saturated carbocycles. The summed E-state index contributed by atoms with van der Waals surface area (Å²) in [5, 5.41) is 5.50. The Labute approximate surface area is 139 Å². The van der Waals surface area contributed by atoms with Crippen molar-refractivity contribution in [2.24, 2.45) is 0 Å². The maximum Gasteiger partial charge on any atom is 0.267 e. The van der Waals surface area contributed by atoms with E-state index in [1.807, 2.05) is 0 Å². The van der Waals surface area contributed by atoms with Crippen molar-refractivity contribution in [2.45, 2.75) is 37.8 Å². The first-order valence-electron chi connectivity index (χ1n) is 7.57. The van der Waals surface area contributed by atoms with E-state index in [1.165, 1.54) is 6.07 Å². The summed E-state index contributed by atoms with van der Waals surface area (Å²) in [5.74, 6) is -0.366. The molecule has 1 aromatic rings. The lowest BCUT2D eigenvalue weighted by Crippen LogP contribution is -2.46. The molecule has 0 aromatic carbocycles. The molecule has 2 N–H and O–H groups in total. The molecule has 0 unspecified atom stereocenters. The quantitative estimate of drug-likeness (QED) is 0.776. The molecule has 2 aliphatic heterocycles. The summed E-state index contributed by atoms with van der Waals surface area (Å²) < 4.78 is 7.27. The molecule has 2 saturated heterocycles. The Hall–Kier alpha value is -1.86. The van der Waals surface area contributed by atoms with E-state index in [4.69, 9.17) is 4.74 Å². The van der Waals surface area contributed by atoms with Crippen molar-refractivity contribution in [1.29, 1.82) is 0 Å². The van der Waals surface area contributed by atoms with E-state index in [9.17, 15) is 14.4 Å². The van der Waals surface area contributed by atoms with Crippen LogP contribution in [0.3, 0.4) is 0 Å². The van der Waals surface area contributed by atoms with Crippen LogP contribution in [0.4, 0.5) is 0 Å². The molecule has 2 amide bonds. The van der Waals surface area contributed by atoms with Crippen molar-refractivity contribution in [1.82, 2.24) is 15.2 Å². The lowest BCUT2D eigenvalue weighted by molar-refractivity contribution is -0.138. The minimum atomic E-state index is -0.716. The number of ether oxygens (including phenoxy) is 1. The van der Waals surface area contributed by atoms with Gasteiger partial charge in [-0.25, -0.2) is 0 Å². The third-order valence-corrected chi connectivity index (χ3v) is 4.09. The minimum Gasteiger partial charge on any atom is -0.480 e. The van der Waals surface area contributed by atoms with Gasteiger partial charge >= 0.3 is 0 Å². The number of pyridine rings is 1. The van der Waals surface area contributed by atoms with E-state index in [0.717, 1.165) is 25.9 Å². The van der Waals surface area contributed by atoms with Gasteiger partial charge in [0.1, 0.15) is 5.75 Å². The smallest absolute Gasteiger partial charge is 0.267 e. The predicted molar refractivity (Wildman–Crippen MR) is 85.9 cm³/mol. The van der Waals surface area contributed by atoms with Crippen LogP contribution in [-0.2, 0) is 9.59 Å². The van der Waals surface area contributed by atoms with E-state index in [-0.39, 0.29) is 36.3 Å². The second-order valence-electron chi connectivity index (χ2n) is 5.65. The van der Waals surface area contributed by atoms with Crippen LogP contribution < -0.4 is 20.9 Å². The SMILES string of the molecule is Cl.O=C1CC[C@H](Oc2ccn(C3CCNCC3)c(=O)c2)C(=O)N1. The van der Waals surface area contributed by atoms with Gasteiger partial charge in [-0.2, -0.15) is 0 Å². The average molecular weight is 342 g/mol. The van der Waals surface area contributed by atoms with Crippen LogP contribution in [0.5, 0.6) is 5.75 Å². The van der Waals surface area contributed by atoms with Crippen LogP contribution in [-0.4, -0.2) is 35.6 Å². The Morgan fingerprint density at radius 1 is 1.13 bits per heavy atom. The largest absolute Gasteiger partial charge is 0.480 e. The van der Waals surface area contributed by atoms with Crippen molar-refractivity contribution in [3.8, 4) is 5.75 Å². The number of nitrogens with one attached hydrogen (secondary N) is 2. The van der Waals surface area contributed by atoms with Gasteiger partial charge in [-0.15, -0.1) is 12.4 Å². The number of nitrogens with zero attached hydrogens (tertiary/aromatic N) is 1. The second kappa shape index (κ2) is 7.61. The molecule has 23 heavy (non-hydrogen) atoms. The fourth-order valence-electron chi connectivity index (χ4n) is 2.88. The van der Waals surface area contributed by atoms with Gasteiger partial charge < -0.3 is 14.6 Å². The number of amides is 2. The van der Waals surface area contributed by atoms with Crippen LogP contribution in [0, 0.1) is 0 Å². The van der Waals surface area contributed by atoms with Crippen LogP contribution in [0.2, 0.25) is 0 Å². The van der Waals surface area contributed by atoms with Crippen molar-refractivity contribution in [3.63, 3.8) is 0 Å². The maximum absolute atomic E-state index is 12.2. The monoisotopic (exact) mass is 341 g/mol.